The van der Waals surface area contributed by atoms with Crippen molar-refractivity contribution in [3.63, 3.8) is 0 Å². The van der Waals surface area contributed by atoms with Gasteiger partial charge in [-0.3, -0.25) is 0 Å². The molecular weight excluding hydrogens is 191 g/mol. The van der Waals surface area contributed by atoms with E-state index in [1.54, 1.807) is 12.1 Å². The minimum atomic E-state index is -0.171. The summed E-state index contributed by atoms with van der Waals surface area (Å²) < 4.78 is 13.0. The van der Waals surface area contributed by atoms with E-state index in [4.69, 9.17) is 5.73 Å². The van der Waals surface area contributed by atoms with Gasteiger partial charge in [0.15, 0.2) is 0 Å². The molecule has 0 saturated carbocycles. The lowest BCUT2D eigenvalue weighted by Crippen LogP contribution is -2.45. The Morgan fingerprint density at radius 2 is 2.27 bits per heavy atom. The summed E-state index contributed by atoms with van der Waals surface area (Å²) in [5.41, 5.74) is 6.91. The zero-order valence-electron chi connectivity index (χ0n) is 8.99. The van der Waals surface area contributed by atoms with Crippen molar-refractivity contribution in [2.24, 2.45) is 11.7 Å². The van der Waals surface area contributed by atoms with E-state index >= 15 is 0 Å². The fourth-order valence-electron chi connectivity index (χ4n) is 2.07. The zero-order chi connectivity index (χ0) is 10.8. The Hall–Kier alpha value is -1.09. The standard InChI is InChI=1S/C12H17FN2/c1-9-8-15(6-5-12(9)14)11-4-2-3-10(13)7-11/h2-4,7,9,12H,5-6,8,14H2,1H3. The number of rotatable bonds is 1. The van der Waals surface area contributed by atoms with Crippen LogP contribution in [0.25, 0.3) is 0 Å². The molecule has 0 aliphatic carbocycles. The fraction of sp³-hybridized carbons (Fsp3) is 0.500. The maximum atomic E-state index is 13.0. The van der Waals surface area contributed by atoms with Gasteiger partial charge in [-0.25, -0.2) is 4.39 Å². The molecule has 0 aromatic heterocycles. The molecule has 1 aliphatic heterocycles. The smallest absolute Gasteiger partial charge is 0.125 e. The first-order valence-electron chi connectivity index (χ1n) is 5.43. The third-order valence-corrected chi connectivity index (χ3v) is 3.14. The number of hydrogen-bond acceptors (Lipinski definition) is 2. The SMILES string of the molecule is CC1CN(c2cccc(F)c2)CCC1N. The van der Waals surface area contributed by atoms with Gasteiger partial charge in [-0.1, -0.05) is 13.0 Å². The first kappa shape index (κ1) is 10.4. The van der Waals surface area contributed by atoms with E-state index in [1.165, 1.54) is 6.07 Å². The van der Waals surface area contributed by atoms with E-state index in [-0.39, 0.29) is 11.9 Å². The molecule has 15 heavy (non-hydrogen) atoms. The number of benzene rings is 1. The number of anilines is 1. The lowest BCUT2D eigenvalue weighted by molar-refractivity contribution is 0.382. The van der Waals surface area contributed by atoms with Crippen LogP contribution in [0.4, 0.5) is 10.1 Å². The van der Waals surface area contributed by atoms with Gasteiger partial charge in [-0.2, -0.15) is 0 Å². The molecule has 2 atom stereocenters. The van der Waals surface area contributed by atoms with Gasteiger partial charge in [0.2, 0.25) is 0 Å². The van der Waals surface area contributed by atoms with Crippen LogP contribution in [0.3, 0.4) is 0 Å². The highest BCUT2D eigenvalue weighted by atomic mass is 19.1. The third kappa shape index (κ3) is 2.29. The summed E-state index contributed by atoms with van der Waals surface area (Å²) in [4.78, 5) is 2.21. The summed E-state index contributed by atoms with van der Waals surface area (Å²) in [6.45, 7) is 4.00. The Kier molecular flexibility index (Phi) is 2.91. The first-order chi connectivity index (χ1) is 7.16. The van der Waals surface area contributed by atoms with Crippen LogP contribution in [-0.2, 0) is 0 Å². The molecule has 1 aromatic carbocycles. The van der Waals surface area contributed by atoms with E-state index in [0.717, 1.165) is 25.2 Å². The first-order valence-corrected chi connectivity index (χ1v) is 5.43. The van der Waals surface area contributed by atoms with E-state index in [9.17, 15) is 4.39 Å². The lowest BCUT2D eigenvalue weighted by Gasteiger charge is -2.36. The van der Waals surface area contributed by atoms with Gasteiger partial charge in [0.05, 0.1) is 0 Å². The lowest BCUT2D eigenvalue weighted by atomic mass is 9.94. The molecule has 1 aromatic rings. The topological polar surface area (TPSA) is 29.3 Å². The number of hydrogen-bond donors (Lipinski definition) is 1. The van der Waals surface area contributed by atoms with Crippen molar-refractivity contribution in [1.29, 1.82) is 0 Å². The van der Waals surface area contributed by atoms with Crippen LogP contribution in [0.5, 0.6) is 0 Å². The van der Waals surface area contributed by atoms with Crippen molar-refractivity contribution in [2.45, 2.75) is 19.4 Å². The Labute approximate surface area is 89.9 Å². The van der Waals surface area contributed by atoms with Crippen LogP contribution >= 0.6 is 0 Å². The second kappa shape index (κ2) is 4.19. The van der Waals surface area contributed by atoms with Crippen LogP contribution in [-0.4, -0.2) is 19.1 Å². The Morgan fingerprint density at radius 1 is 1.47 bits per heavy atom. The van der Waals surface area contributed by atoms with Crippen LogP contribution in [0.1, 0.15) is 13.3 Å². The summed E-state index contributed by atoms with van der Waals surface area (Å²) in [6.07, 6.45) is 0.984. The molecule has 3 heteroatoms. The average Bonchev–Trinajstić information content (AvgIpc) is 2.22. The van der Waals surface area contributed by atoms with Crippen molar-refractivity contribution >= 4 is 5.69 Å². The number of nitrogens with two attached hydrogens (primary N) is 1. The highest BCUT2D eigenvalue weighted by Gasteiger charge is 2.23. The van der Waals surface area contributed by atoms with Crippen LogP contribution in [0.2, 0.25) is 0 Å². The molecule has 1 saturated heterocycles. The maximum absolute atomic E-state index is 13.0. The monoisotopic (exact) mass is 208 g/mol. The van der Waals surface area contributed by atoms with E-state index < -0.39 is 0 Å². The van der Waals surface area contributed by atoms with Crippen molar-refractivity contribution in [3.8, 4) is 0 Å². The van der Waals surface area contributed by atoms with Gasteiger partial charge in [-0.15, -0.1) is 0 Å². The molecule has 2 rings (SSSR count). The van der Waals surface area contributed by atoms with Crippen molar-refractivity contribution in [3.05, 3.63) is 30.1 Å². The van der Waals surface area contributed by atoms with Gasteiger partial charge >= 0.3 is 0 Å². The second-order valence-electron chi connectivity index (χ2n) is 4.36. The van der Waals surface area contributed by atoms with E-state index in [2.05, 4.69) is 11.8 Å². The molecule has 2 unspecified atom stereocenters. The van der Waals surface area contributed by atoms with Crippen LogP contribution in [0, 0.1) is 11.7 Å². The largest absolute Gasteiger partial charge is 0.371 e. The molecule has 82 valence electrons. The molecule has 2 N–H and O–H groups in total. The predicted molar refractivity (Wildman–Crippen MR) is 60.4 cm³/mol. The minimum Gasteiger partial charge on any atom is -0.371 e. The highest BCUT2D eigenvalue weighted by Crippen LogP contribution is 2.22. The van der Waals surface area contributed by atoms with Crippen molar-refractivity contribution in [1.82, 2.24) is 0 Å². The fourth-order valence-corrected chi connectivity index (χ4v) is 2.07. The molecule has 2 nitrogen and oxygen atoms in total. The minimum absolute atomic E-state index is 0.171. The summed E-state index contributed by atoms with van der Waals surface area (Å²) in [7, 11) is 0. The predicted octanol–water partition coefficient (Wildman–Crippen LogP) is 2.00. The number of piperidine rings is 1. The Bertz CT molecular complexity index is 340. The second-order valence-corrected chi connectivity index (χ2v) is 4.36. The molecule has 0 amide bonds. The summed E-state index contributed by atoms with van der Waals surface area (Å²) in [5.74, 6) is 0.303. The average molecular weight is 208 g/mol. The summed E-state index contributed by atoms with van der Waals surface area (Å²) >= 11 is 0. The molecule has 0 radical (unpaired) electrons. The summed E-state index contributed by atoms with van der Waals surface area (Å²) in [6, 6.07) is 7.05. The van der Waals surface area contributed by atoms with Gasteiger partial charge in [0, 0.05) is 24.8 Å². The molecule has 1 heterocycles. The number of nitrogens with zero attached hydrogens (tertiary/aromatic N) is 1. The maximum Gasteiger partial charge on any atom is 0.125 e. The van der Waals surface area contributed by atoms with E-state index in [1.807, 2.05) is 6.07 Å². The Balaban J connectivity index is 2.12. The molecule has 1 fully saturated rings. The molecule has 0 spiro atoms. The molecular formula is C12H17FN2. The highest BCUT2D eigenvalue weighted by molar-refractivity contribution is 5.47. The molecule has 1 aliphatic rings. The van der Waals surface area contributed by atoms with Crippen LogP contribution < -0.4 is 10.6 Å². The van der Waals surface area contributed by atoms with Gasteiger partial charge in [-0.05, 0) is 30.5 Å². The van der Waals surface area contributed by atoms with Crippen LogP contribution in [0.15, 0.2) is 24.3 Å². The number of halogens is 1. The van der Waals surface area contributed by atoms with Gasteiger partial charge < -0.3 is 10.6 Å². The van der Waals surface area contributed by atoms with E-state index in [0.29, 0.717) is 5.92 Å². The Morgan fingerprint density at radius 3 is 2.93 bits per heavy atom. The van der Waals surface area contributed by atoms with Gasteiger partial charge in [0.25, 0.3) is 0 Å². The summed E-state index contributed by atoms with van der Waals surface area (Å²) in [5, 5.41) is 0. The zero-order valence-corrected chi connectivity index (χ0v) is 8.99. The molecule has 0 bridgehead atoms. The van der Waals surface area contributed by atoms with Crippen molar-refractivity contribution < 1.29 is 4.39 Å². The van der Waals surface area contributed by atoms with Crippen molar-refractivity contribution in [2.75, 3.05) is 18.0 Å². The van der Waals surface area contributed by atoms with Gasteiger partial charge in [0.1, 0.15) is 5.82 Å². The quantitative estimate of drug-likeness (QED) is 0.765. The third-order valence-electron chi connectivity index (χ3n) is 3.14. The normalized spacial score (nSPS) is 26.7.